The first-order chi connectivity index (χ1) is 20.7. The van der Waals surface area contributed by atoms with Crippen LogP contribution in [0.3, 0.4) is 0 Å². The van der Waals surface area contributed by atoms with Crippen LogP contribution >= 0.6 is 11.6 Å². The van der Waals surface area contributed by atoms with Gasteiger partial charge in [0.1, 0.15) is 18.3 Å². The van der Waals surface area contributed by atoms with Crippen LogP contribution in [0.25, 0.3) is 0 Å². The molecule has 1 fully saturated rings. The standard InChI is InChI=1S/C33H40ClN3O5S/c1-3-31(33(39)35-27-11-7-5-8-12-27)36(23-25-15-17-26(34)18-16-25)32(38)24-37(28-13-9-6-10-14-28)43(40,41)30-21-19-29(20-22-30)42-4-2/h6,9-10,13-22,27,31H,3-5,7-8,11-12,23-24H2,1-2H3,(H,35,39)/t31-/m0/s1. The summed E-state index contributed by atoms with van der Waals surface area (Å²) in [6, 6.07) is 21.0. The van der Waals surface area contributed by atoms with E-state index in [1.54, 1.807) is 66.7 Å². The van der Waals surface area contributed by atoms with E-state index in [1.165, 1.54) is 17.0 Å². The van der Waals surface area contributed by atoms with E-state index in [9.17, 15) is 18.0 Å². The second-order valence-corrected chi connectivity index (χ2v) is 13.0. The van der Waals surface area contributed by atoms with Crippen molar-refractivity contribution in [3.63, 3.8) is 0 Å². The normalized spacial score (nSPS) is 14.5. The zero-order valence-electron chi connectivity index (χ0n) is 24.7. The number of carbonyl (C=O) groups excluding carboxylic acids is 2. The fourth-order valence-corrected chi connectivity index (χ4v) is 6.92. The SMILES string of the molecule is CCOc1ccc(S(=O)(=O)N(CC(=O)N(Cc2ccc(Cl)cc2)[C@@H](CC)C(=O)NC2CCCCC2)c2ccccc2)cc1. The van der Waals surface area contributed by atoms with E-state index < -0.39 is 28.5 Å². The number of halogens is 1. The lowest BCUT2D eigenvalue weighted by Crippen LogP contribution is -2.54. The molecule has 0 radical (unpaired) electrons. The quantitative estimate of drug-likeness (QED) is 0.244. The van der Waals surface area contributed by atoms with Crippen LogP contribution in [0.2, 0.25) is 5.02 Å². The van der Waals surface area contributed by atoms with Gasteiger partial charge in [0.25, 0.3) is 10.0 Å². The summed E-state index contributed by atoms with van der Waals surface area (Å²) in [7, 11) is -4.16. The Labute approximate surface area is 260 Å². The van der Waals surface area contributed by atoms with Gasteiger partial charge in [0.2, 0.25) is 11.8 Å². The Kier molecular flexibility index (Phi) is 11.5. The summed E-state index contributed by atoms with van der Waals surface area (Å²) in [6.45, 7) is 3.80. The van der Waals surface area contributed by atoms with Gasteiger partial charge in [-0.2, -0.15) is 0 Å². The lowest BCUT2D eigenvalue weighted by Gasteiger charge is -2.34. The fraction of sp³-hybridized carbons (Fsp3) is 0.394. The maximum Gasteiger partial charge on any atom is 0.264 e. The third-order valence-electron chi connectivity index (χ3n) is 7.65. The van der Waals surface area contributed by atoms with Crippen molar-refractivity contribution in [3.05, 3.63) is 89.4 Å². The van der Waals surface area contributed by atoms with Crippen molar-refractivity contribution in [1.82, 2.24) is 10.2 Å². The fourth-order valence-electron chi connectivity index (χ4n) is 5.38. The van der Waals surface area contributed by atoms with E-state index in [4.69, 9.17) is 16.3 Å². The Morgan fingerprint density at radius 2 is 1.58 bits per heavy atom. The number of anilines is 1. The zero-order valence-corrected chi connectivity index (χ0v) is 26.3. The van der Waals surface area contributed by atoms with E-state index in [2.05, 4.69) is 5.32 Å². The van der Waals surface area contributed by atoms with Crippen molar-refractivity contribution in [2.24, 2.45) is 0 Å². The molecule has 8 nitrogen and oxygen atoms in total. The summed E-state index contributed by atoms with van der Waals surface area (Å²) in [5, 5.41) is 3.72. The van der Waals surface area contributed by atoms with Crippen molar-refractivity contribution >= 4 is 39.1 Å². The first kappa shape index (κ1) is 32.4. The summed E-state index contributed by atoms with van der Waals surface area (Å²) in [5.74, 6) is -0.163. The number of para-hydroxylation sites is 1. The van der Waals surface area contributed by atoms with Crippen LogP contribution in [0.1, 0.15) is 57.9 Å². The Morgan fingerprint density at radius 3 is 2.19 bits per heavy atom. The minimum absolute atomic E-state index is 0.0268. The number of hydrogen-bond acceptors (Lipinski definition) is 5. The molecule has 1 saturated carbocycles. The van der Waals surface area contributed by atoms with Crippen LogP contribution < -0.4 is 14.4 Å². The molecule has 3 aromatic carbocycles. The summed E-state index contributed by atoms with van der Waals surface area (Å²) >= 11 is 6.11. The Balaban J connectivity index is 1.67. The monoisotopic (exact) mass is 625 g/mol. The molecule has 43 heavy (non-hydrogen) atoms. The van der Waals surface area contributed by atoms with Gasteiger partial charge in [-0.1, -0.05) is 68.1 Å². The Bertz CT molecular complexity index is 1440. The van der Waals surface area contributed by atoms with Crippen LogP contribution in [0, 0.1) is 0 Å². The van der Waals surface area contributed by atoms with Gasteiger partial charge >= 0.3 is 0 Å². The van der Waals surface area contributed by atoms with Crippen LogP contribution in [-0.4, -0.2) is 50.4 Å². The maximum atomic E-state index is 14.2. The first-order valence-electron chi connectivity index (χ1n) is 14.9. The first-order valence-corrected chi connectivity index (χ1v) is 16.7. The van der Waals surface area contributed by atoms with Gasteiger partial charge in [-0.25, -0.2) is 8.42 Å². The molecule has 230 valence electrons. The van der Waals surface area contributed by atoms with Gasteiger partial charge in [0.15, 0.2) is 0 Å². The number of nitrogens with zero attached hydrogens (tertiary/aromatic N) is 2. The van der Waals surface area contributed by atoms with Gasteiger partial charge in [0, 0.05) is 17.6 Å². The molecule has 0 aromatic heterocycles. The minimum Gasteiger partial charge on any atom is -0.494 e. The van der Waals surface area contributed by atoms with Crippen LogP contribution in [0.5, 0.6) is 5.75 Å². The highest BCUT2D eigenvalue weighted by atomic mass is 35.5. The molecule has 0 spiro atoms. The highest BCUT2D eigenvalue weighted by Gasteiger charge is 2.34. The average molecular weight is 626 g/mol. The smallest absolute Gasteiger partial charge is 0.264 e. The lowest BCUT2D eigenvalue weighted by molar-refractivity contribution is -0.140. The highest BCUT2D eigenvalue weighted by molar-refractivity contribution is 7.92. The summed E-state index contributed by atoms with van der Waals surface area (Å²) in [5.41, 5.74) is 1.12. The molecule has 10 heteroatoms. The number of nitrogens with one attached hydrogen (secondary N) is 1. The molecule has 1 aliphatic carbocycles. The van der Waals surface area contributed by atoms with Crippen molar-refractivity contribution in [2.75, 3.05) is 17.5 Å². The topological polar surface area (TPSA) is 96.0 Å². The van der Waals surface area contributed by atoms with Gasteiger partial charge in [-0.3, -0.25) is 13.9 Å². The number of rotatable bonds is 13. The van der Waals surface area contributed by atoms with Gasteiger partial charge in [-0.05, 0) is 80.3 Å². The second kappa shape index (κ2) is 15.3. The molecule has 2 amide bonds. The number of carbonyl (C=O) groups is 2. The van der Waals surface area contributed by atoms with Crippen molar-refractivity contribution in [3.8, 4) is 5.75 Å². The van der Waals surface area contributed by atoms with E-state index in [1.807, 2.05) is 13.8 Å². The predicted molar refractivity (Wildman–Crippen MR) is 170 cm³/mol. The van der Waals surface area contributed by atoms with E-state index >= 15 is 0 Å². The molecule has 0 saturated heterocycles. The molecule has 1 atom stereocenters. The molecular weight excluding hydrogens is 586 g/mol. The number of benzene rings is 3. The number of ether oxygens (including phenoxy) is 1. The van der Waals surface area contributed by atoms with Crippen molar-refractivity contribution < 1.29 is 22.7 Å². The third-order valence-corrected chi connectivity index (χ3v) is 9.69. The highest BCUT2D eigenvalue weighted by Crippen LogP contribution is 2.26. The Morgan fingerprint density at radius 1 is 0.930 bits per heavy atom. The van der Waals surface area contributed by atoms with Gasteiger partial charge < -0.3 is 15.0 Å². The van der Waals surface area contributed by atoms with Gasteiger partial charge in [-0.15, -0.1) is 0 Å². The number of sulfonamides is 1. The van der Waals surface area contributed by atoms with E-state index in [0.29, 0.717) is 29.5 Å². The van der Waals surface area contributed by atoms with E-state index in [-0.39, 0.29) is 23.4 Å². The molecule has 0 aliphatic heterocycles. The maximum absolute atomic E-state index is 14.2. The molecule has 0 bridgehead atoms. The average Bonchev–Trinajstić information content (AvgIpc) is 3.02. The summed E-state index contributed by atoms with van der Waals surface area (Å²) in [6.07, 6.45) is 5.47. The molecule has 0 heterocycles. The molecule has 4 rings (SSSR count). The molecular formula is C33H40ClN3O5S. The number of amides is 2. The van der Waals surface area contributed by atoms with Crippen molar-refractivity contribution in [1.29, 1.82) is 0 Å². The molecule has 3 aromatic rings. The summed E-state index contributed by atoms with van der Waals surface area (Å²) in [4.78, 5) is 29.3. The van der Waals surface area contributed by atoms with Gasteiger partial charge in [0.05, 0.1) is 17.2 Å². The second-order valence-electron chi connectivity index (χ2n) is 10.7. The minimum atomic E-state index is -4.16. The molecule has 0 unspecified atom stereocenters. The zero-order chi connectivity index (χ0) is 30.8. The predicted octanol–water partition coefficient (Wildman–Crippen LogP) is 6.19. The summed E-state index contributed by atoms with van der Waals surface area (Å²) < 4.78 is 34.6. The van der Waals surface area contributed by atoms with Crippen LogP contribution in [-0.2, 0) is 26.2 Å². The largest absolute Gasteiger partial charge is 0.494 e. The third kappa shape index (κ3) is 8.51. The lowest BCUT2D eigenvalue weighted by atomic mass is 9.95. The van der Waals surface area contributed by atoms with Crippen molar-refractivity contribution in [2.45, 2.75) is 75.9 Å². The van der Waals surface area contributed by atoms with E-state index in [0.717, 1.165) is 42.0 Å². The molecule has 1 aliphatic rings. The molecule has 1 N–H and O–H groups in total. The Hall–Kier alpha value is -3.56. The van der Waals surface area contributed by atoms with Crippen LogP contribution in [0.15, 0.2) is 83.8 Å². The van der Waals surface area contributed by atoms with Crippen LogP contribution in [0.4, 0.5) is 5.69 Å². The number of hydrogen-bond donors (Lipinski definition) is 1.